The standard InChI is InChI=1S/C18H18FN3O2/c1-20-16(23)11-22-15-10-6-4-8-13(15)18(24)21(2)17(22)12-7-3-5-9-14(12)19/h3-10,17H,11H2,1-2H3,(H,20,23). The molecule has 0 aliphatic carbocycles. The van der Waals surface area contributed by atoms with E-state index in [4.69, 9.17) is 0 Å². The highest BCUT2D eigenvalue weighted by atomic mass is 19.1. The summed E-state index contributed by atoms with van der Waals surface area (Å²) in [6.45, 7) is 0.0180. The van der Waals surface area contributed by atoms with Crippen LogP contribution in [0.2, 0.25) is 0 Å². The lowest BCUT2D eigenvalue weighted by Crippen LogP contribution is -2.50. The summed E-state index contributed by atoms with van der Waals surface area (Å²) in [5.74, 6) is -0.829. The molecule has 0 bridgehead atoms. The van der Waals surface area contributed by atoms with Crippen molar-refractivity contribution in [3.63, 3.8) is 0 Å². The number of amides is 2. The molecule has 0 aromatic heterocycles. The molecular weight excluding hydrogens is 309 g/mol. The zero-order valence-corrected chi connectivity index (χ0v) is 13.5. The van der Waals surface area contributed by atoms with Gasteiger partial charge in [0, 0.05) is 19.7 Å². The lowest BCUT2D eigenvalue weighted by Gasteiger charge is -2.43. The number of likely N-dealkylation sites (N-methyl/N-ethyl adjacent to an activating group) is 1. The first-order valence-electron chi connectivity index (χ1n) is 7.62. The fourth-order valence-corrected chi connectivity index (χ4v) is 3.01. The average molecular weight is 327 g/mol. The Balaban J connectivity index is 2.16. The lowest BCUT2D eigenvalue weighted by molar-refractivity contribution is -0.119. The van der Waals surface area contributed by atoms with Gasteiger partial charge in [0.25, 0.3) is 5.91 Å². The van der Waals surface area contributed by atoms with Gasteiger partial charge in [0.2, 0.25) is 5.91 Å². The van der Waals surface area contributed by atoms with Crippen molar-refractivity contribution < 1.29 is 14.0 Å². The molecule has 5 nitrogen and oxygen atoms in total. The smallest absolute Gasteiger partial charge is 0.257 e. The van der Waals surface area contributed by atoms with E-state index >= 15 is 0 Å². The molecule has 2 aromatic carbocycles. The Morgan fingerprint density at radius 2 is 1.83 bits per heavy atom. The van der Waals surface area contributed by atoms with Crippen molar-refractivity contribution in [1.82, 2.24) is 10.2 Å². The quantitative estimate of drug-likeness (QED) is 0.940. The van der Waals surface area contributed by atoms with Crippen molar-refractivity contribution in [2.45, 2.75) is 6.17 Å². The SMILES string of the molecule is CNC(=O)CN1c2ccccc2C(=O)N(C)C1c1ccccc1F. The minimum atomic E-state index is -0.689. The van der Waals surface area contributed by atoms with E-state index in [-0.39, 0.29) is 18.4 Å². The van der Waals surface area contributed by atoms with E-state index in [0.29, 0.717) is 16.8 Å². The highest BCUT2D eigenvalue weighted by Gasteiger charge is 2.38. The van der Waals surface area contributed by atoms with E-state index in [9.17, 15) is 14.0 Å². The zero-order chi connectivity index (χ0) is 17.3. The molecule has 0 saturated heterocycles. The fraction of sp³-hybridized carbons (Fsp3) is 0.222. The van der Waals surface area contributed by atoms with E-state index in [1.807, 2.05) is 0 Å². The molecule has 24 heavy (non-hydrogen) atoms. The van der Waals surface area contributed by atoms with Gasteiger partial charge in [-0.3, -0.25) is 9.59 Å². The molecule has 1 atom stereocenters. The number of hydrogen-bond acceptors (Lipinski definition) is 3. The minimum Gasteiger partial charge on any atom is -0.358 e. The van der Waals surface area contributed by atoms with Crippen LogP contribution in [0.1, 0.15) is 22.1 Å². The molecule has 1 heterocycles. The molecule has 1 aliphatic rings. The highest BCUT2D eigenvalue weighted by Crippen LogP contribution is 2.38. The summed E-state index contributed by atoms with van der Waals surface area (Å²) >= 11 is 0. The van der Waals surface area contributed by atoms with Crippen LogP contribution in [-0.2, 0) is 4.79 Å². The molecule has 2 amide bonds. The van der Waals surface area contributed by atoms with Crippen LogP contribution in [0.25, 0.3) is 0 Å². The summed E-state index contributed by atoms with van der Waals surface area (Å²) in [7, 11) is 3.16. The molecule has 1 aliphatic heterocycles. The number of para-hydroxylation sites is 1. The molecular formula is C18H18FN3O2. The van der Waals surface area contributed by atoms with Crippen LogP contribution >= 0.6 is 0 Å². The largest absolute Gasteiger partial charge is 0.358 e. The molecule has 1 N–H and O–H groups in total. The van der Waals surface area contributed by atoms with Gasteiger partial charge in [-0.1, -0.05) is 30.3 Å². The minimum absolute atomic E-state index is 0.0180. The van der Waals surface area contributed by atoms with Crippen LogP contribution in [0.5, 0.6) is 0 Å². The molecule has 3 rings (SSSR count). The van der Waals surface area contributed by atoms with E-state index in [1.54, 1.807) is 61.5 Å². The summed E-state index contributed by atoms with van der Waals surface area (Å²) in [5, 5.41) is 2.58. The zero-order valence-electron chi connectivity index (χ0n) is 13.5. The maximum Gasteiger partial charge on any atom is 0.257 e. The van der Waals surface area contributed by atoms with Gasteiger partial charge in [0.15, 0.2) is 0 Å². The first-order chi connectivity index (χ1) is 11.5. The Morgan fingerprint density at radius 3 is 2.54 bits per heavy atom. The first kappa shape index (κ1) is 16.0. The van der Waals surface area contributed by atoms with Crippen LogP contribution in [-0.4, -0.2) is 37.4 Å². The first-order valence-corrected chi connectivity index (χ1v) is 7.62. The summed E-state index contributed by atoms with van der Waals surface area (Å²) in [4.78, 5) is 27.9. The maximum absolute atomic E-state index is 14.4. The van der Waals surface area contributed by atoms with Gasteiger partial charge in [0.05, 0.1) is 17.8 Å². The summed E-state index contributed by atoms with van der Waals surface area (Å²) in [5.41, 5.74) is 1.47. The molecule has 0 fully saturated rings. The van der Waals surface area contributed by atoms with Gasteiger partial charge in [-0.2, -0.15) is 0 Å². The monoisotopic (exact) mass is 327 g/mol. The van der Waals surface area contributed by atoms with Crippen molar-refractivity contribution >= 4 is 17.5 Å². The second kappa shape index (κ2) is 6.31. The fourth-order valence-electron chi connectivity index (χ4n) is 3.01. The molecule has 0 saturated carbocycles. The molecule has 2 aromatic rings. The van der Waals surface area contributed by atoms with Crippen LogP contribution < -0.4 is 10.2 Å². The summed E-state index contributed by atoms with van der Waals surface area (Å²) < 4.78 is 14.4. The third kappa shape index (κ3) is 2.60. The van der Waals surface area contributed by atoms with Gasteiger partial charge < -0.3 is 15.1 Å². The van der Waals surface area contributed by atoms with Crippen molar-refractivity contribution in [1.29, 1.82) is 0 Å². The van der Waals surface area contributed by atoms with E-state index in [1.165, 1.54) is 11.0 Å². The number of benzene rings is 2. The van der Waals surface area contributed by atoms with E-state index in [2.05, 4.69) is 5.32 Å². The summed E-state index contributed by atoms with van der Waals surface area (Å²) in [6.07, 6.45) is -0.689. The number of carbonyl (C=O) groups excluding carboxylic acids is 2. The van der Waals surface area contributed by atoms with Gasteiger partial charge in [-0.25, -0.2) is 4.39 Å². The van der Waals surface area contributed by atoms with Crippen LogP contribution in [0.3, 0.4) is 0 Å². The number of anilines is 1. The molecule has 1 unspecified atom stereocenters. The number of carbonyl (C=O) groups is 2. The Bertz CT molecular complexity index is 793. The van der Waals surface area contributed by atoms with Crippen LogP contribution in [0, 0.1) is 5.82 Å². The molecule has 124 valence electrons. The Hall–Kier alpha value is -2.89. The maximum atomic E-state index is 14.4. The molecule has 0 spiro atoms. The second-order valence-corrected chi connectivity index (χ2v) is 5.63. The van der Waals surface area contributed by atoms with Crippen molar-refractivity contribution in [3.8, 4) is 0 Å². The molecule has 6 heteroatoms. The van der Waals surface area contributed by atoms with Gasteiger partial charge in [-0.05, 0) is 18.2 Å². The third-order valence-electron chi connectivity index (χ3n) is 4.20. The number of nitrogens with one attached hydrogen (secondary N) is 1. The summed E-state index contributed by atoms with van der Waals surface area (Å²) in [6, 6.07) is 13.4. The number of hydrogen-bond donors (Lipinski definition) is 1. The normalized spacial score (nSPS) is 16.8. The van der Waals surface area contributed by atoms with Gasteiger partial charge in [-0.15, -0.1) is 0 Å². The average Bonchev–Trinajstić information content (AvgIpc) is 2.60. The predicted molar refractivity (Wildman–Crippen MR) is 89.1 cm³/mol. The number of fused-ring (bicyclic) bond motifs is 1. The van der Waals surface area contributed by atoms with Gasteiger partial charge in [0.1, 0.15) is 12.0 Å². The predicted octanol–water partition coefficient (Wildman–Crippen LogP) is 2.16. The second-order valence-electron chi connectivity index (χ2n) is 5.63. The number of halogens is 1. The van der Waals surface area contributed by atoms with Gasteiger partial charge >= 0.3 is 0 Å². The van der Waals surface area contributed by atoms with Crippen molar-refractivity contribution in [2.75, 3.05) is 25.5 Å². The van der Waals surface area contributed by atoms with Crippen LogP contribution in [0.15, 0.2) is 48.5 Å². The van der Waals surface area contributed by atoms with Crippen LogP contribution in [0.4, 0.5) is 10.1 Å². The third-order valence-corrected chi connectivity index (χ3v) is 4.20. The Morgan fingerprint density at radius 1 is 1.17 bits per heavy atom. The highest BCUT2D eigenvalue weighted by molar-refractivity contribution is 6.02. The lowest BCUT2D eigenvalue weighted by atomic mass is 10.0. The van der Waals surface area contributed by atoms with Crippen molar-refractivity contribution in [3.05, 3.63) is 65.5 Å². The Labute approximate surface area is 139 Å². The number of rotatable bonds is 3. The van der Waals surface area contributed by atoms with Crippen molar-refractivity contribution in [2.24, 2.45) is 0 Å². The topological polar surface area (TPSA) is 52.7 Å². The number of nitrogens with zero attached hydrogens (tertiary/aromatic N) is 2. The van der Waals surface area contributed by atoms with E-state index < -0.39 is 12.0 Å². The Kier molecular flexibility index (Phi) is 4.20. The molecule has 0 radical (unpaired) electrons. The van der Waals surface area contributed by atoms with E-state index in [0.717, 1.165) is 0 Å².